The van der Waals surface area contributed by atoms with Crippen LogP contribution >= 0.6 is 0 Å². The Kier molecular flexibility index (Phi) is 6.53. The number of ether oxygens (including phenoxy) is 1. The molecule has 0 aliphatic carbocycles. The Hall–Kier alpha value is -2.90. The molecule has 162 valence electrons. The summed E-state index contributed by atoms with van der Waals surface area (Å²) in [5.74, 6) is 1.61. The fraction of sp³-hybridized carbons (Fsp3) is 0.375. The molecule has 0 spiro atoms. The van der Waals surface area contributed by atoms with Crippen LogP contribution in [0.4, 0.5) is 4.39 Å². The molecule has 6 rings (SSSR count). The Balaban J connectivity index is 0.000000282. The van der Waals surface area contributed by atoms with Gasteiger partial charge in [-0.05, 0) is 61.1 Å². The SMILES string of the molecule is C=C[C@H]1CN2CCC1C[C@H]2[C@H](O)c1ccnc2ccc(OC)cc12.Fc1cncnc1. The first-order chi connectivity index (χ1) is 15.1. The number of halogens is 1. The smallest absolute Gasteiger partial charge is 0.159 e. The number of rotatable bonds is 4. The van der Waals surface area contributed by atoms with Crippen molar-refractivity contribution in [1.82, 2.24) is 19.9 Å². The molecule has 2 unspecified atom stereocenters. The van der Waals surface area contributed by atoms with E-state index >= 15 is 0 Å². The topological polar surface area (TPSA) is 71.4 Å². The number of benzene rings is 1. The third kappa shape index (κ3) is 4.57. The minimum Gasteiger partial charge on any atom is -0.497 e. The molecule has 0 amide bonds. The lowest BCUT2D eigenvalue weighted by Crippen LogP contribution is -2.54. The maximum absolute atomic E-state index is 11.8. The first-order valence-corrected chi connectivity index (χ1v) is 10.5. The van der Waals surface area contributed by atoms with Gasteiger partial charge in [0.05, 0.1) is 31.1 Å². The molecule has 3 saturated heterocycles. The van der Waals surface area contributed by atoms with Gasteiger partial charge >= 0.3 is 0 Å². The summed E-state index contributed by atoms with van der Waals surface area (Å²) < 4.78 is 17.1. The summed E-state index contributed by atoms with van der Waals surface area (Å²) in [7, 11) is 1.66. The van der Waals surface area contributed by atoms with E-state index in [1.807, 2.05) is 24.3 Å². The van der Waals surface area contributed by atoms with E-state index in [0.29, 0.717) is 11.8 Å². The van der Waals surface area contributed by atoms with Crippen molar-refractivity contribution in [2.45, 2.75) is 25.0 Å². The molecule has 5 heterocycles. The minimum atomic E-state index is -0.504. The third-order valence-corrected chi connectivity index (χ3v) is 6.35. The van der Waals surface area contributed by atoms with E-state index in [9.17, 15) is 9.50 Å². The largest absolute Gasteiger partial charge is 0.497 e. The lowest BCUT2D eigenvalue weighted by atomic mass is 9.73. The molecule has 5 atom stereocenters. The van der Waals surface area contributed by atoms with Crippen LogP contribution in [0.5, 0.6) is 5.75 Å². The van der Waals surface area contributed by atoms with Crippen molar-refractivity contribution < 1.29 is 14.2 Å². The van der Waals surface area contributed by atoms with Gasteiger partial charge in [-0.1, -0.05) is 6.08 Å². The summed E-state index contributed by atoms with van der Waals surface area (Å²) in [6, 6.07) is 7.96. The van der Waals surface area contributed by atoms with E-state index in [2.05, 4.69) is 32.5 Å². The van der Waals surface area contributed by atoms with Crippen molar-refractivity contribution in [2.24, 2.45) is 11.8 Å². The molecule has 2 bridgehead atoms. The van der Waals surface area contributed by atoms with Crippen LogP contribution in [0.25, 0.3) is 10.9 Å². The molecular formula is C24H27FN4O2. The van der Waals surface area contributed by atoms with Gasteiger partial charge in [0.15, 0.2) is 5.82 Å². The fourth-order valence-corrected chi connectivity index (χ4v) is 4.73. The van der Waals surface area contributed by atoms with Crippen LogP contribution in [0.1, 0.15) is 24.5 Å². The summed E-state index contributed by atoms with van der Waals surface area (Å²) in [6.45, 7) is 6.07. The molecular weight excluding hydrogens is 395 g/mol. The van der Waals surface area contributed by atoms with Crippen molar-refractivity contribution in [3.63, 3.8) is 0 Å². The highest BCUT2D eigenvalue weighted by Crippen LogP contribution is 2.42. The lowest BCUT2D eigenvalue weighted by molar-refractivity contribution is -0.0444. The number of fused-ring (bicyclic) bond motifs is 4. The van der Waals surface area contributed by atoms with Gasteiger partial charge in [0, 0.05) is 24.2 Å². The van der Waals surface area contributed by atoms with Crippen molar-refractivity contribution in [2.75, 3.05) is 20.2 Å². The van der Waals surface area contributed by atoms with Crippen molar-refractivity contribution >= 4 is 10.9 Å². The van der Waals surface area contributed by atoms with Gasteiger partial charge in [-0.2, -0.15) is 0 Å². The van der Waals surface area contributed by atoms with E-state index in [4.69, 9.17) is 4.74 Å². The van der Waals surface area contributed by atoms with Crippen LogP contribution in [-0.4, -0.2) is 51.2 Å². The van der Waals surface area contributed by atoms with Gasteiger partial charge in [-0.3, -0.25) is 9.88 Å². The van der Waals surface area contributed by atoms with Crippen LogP contribution in [0.15, 0.2) is 61.8 Å². The molecule has 0 radical (unpaired) electrons. The van der Waals surface area contributed by atoms with E-state index in [0.717, 1.165) is 54.1 Å². The zero-order valence-electron chi connectivity index (χ0n) is 17.6. The van der Waals surface area contributed by atoms with E-state index in [1.165, 1.54) is 12.7 Å². The molecule has 31 heavy (non-hydrogen) atoms. The fourth-order valence-electron chi connectivity index (χ4n) is 4.73. The second-order valence-corrected chi connectivity index (χ2v) is 8.03. The molecule has 3 aliphatic rings. The van der Waals surface area contributed by atoms with Gasteiger partial charge < -0.3 is 9.84 Å². The minimum absolute atomic E-state index is 0.178. The second-order valence-electron chi connectivity index (χ2n) is 8.03. The predicted molar refractivity (Wildman–Crippen MR) is 117 cm³/mol. The molecule has 1 N–H and O–H groups in total. The van der Waals surface area contributed by atoms with Crippen LogP contribution in [0.3, 0.4) is 0 Å². The van der Waals surface area contributed by atoms with Crippen LogP contribution in [0.2, 0.25) is 0 Å². The van der Waals surface area contributed by atoms with Gasteiger partial charge in [-0.25, -0.2) is 14.4 Å². The van der Waals surface area contributed by atoms with E-state index in [1.54, 1.807) is 13.3 Å². The zero-order valence-corrected chi connectivity index (χ0v) is 17.6. The quantitative estimate of drug-likeness (QED) is 0.645. The third-order valence-electron chi connectivity index (χ3n) is 6.35. The van der Waals surface area contributed by atoms with Crippen LogP contribution in [0, 0.1) is 17.7 Å². The lowest BCUT2D eigenvalue weighted by Gasteiger charge is -2.50. The molecule has 1 aromatic carbocycles. The number of piperidine rings is 3. The maximum Gasteiger partial charge on any atom is 0.159 e. The number of hydrogen-bond donors (Lipinski definition) is 1. The zero-order chi connectivity index (χ0) is 21.8. The number of pyridine rings is 1. The first-order valence-electron chi connectivity index (χ1n) is 10.5. The predicted octanol–water partition coefficient (Wildman–Crippen LogP) is 3.79. The molecule has 2 aromatic heterocycles. The normalized spacial score (nSPS) is 25.4. The highest BCUT2D eigenvalue weighted by atomic mass is 19.1. The van der Waals surface area contributed by atoms with Gasteiger partial charge in [0.2, 0.25) is 0 Å². The summed E-state index contributed by atoms with van der Waals surface area (Å²) in [6.07, 6.45) is 9.11. The maximum atomic E-state index is 11.8. The molecule has 7 heteroatoms. The summed E-state index contributed by atoms with van der Waals surface area (Å²) in [5.41, 5.74) is 1.85. The molecule has 3 aliphatic heterocycles. The molecule has 6 nitrogen and oxygen atoms in total. The molecule has 0 saturated carbocycles. The Morgan fingerprint density at radius 3 is 2.71 bits per heavy atom. The summed E-state index contributed by atoms with van der Waals surface area (Å²) >= 11 is 0. The Morgan fingerprint density at radius 1 is 1.29 bits per heavy atom. The number of aliphatic hydroxyl groups excluding tert-OH is 1. The molecule has 3 fully saturated rings. The van der Waals surface area contributed by atoms with E-state index < -0.39 is 11.9 Å². The summed E-state index contributed by atoms with van der Waals surface area (Å²) in [5, 5.41) is 12.1. The number of nitrogens with zero attached hydrogens (tertiary/aromatic N) is 4. The highest BCUT2D eigenvalue weighted by Gasteiger charge is 2.42. The van der Waals surface area contributed by atoms with Crippen molar-refractivity contribution in [3.05, 3.63) is 73.2 Å². The van der Waals surface area contributed by atoms with Gasteiger partial charge in [-0.15, -0.1) is 6.58 Å². The highest BCUT2D eigenvalue weighted by molar-refractivity contribution is 5.83. The Labute approximate surface area is 181 Å². The average molecular weight is 423 g/mol. The number of methoxy groups -OCH3 is 1. The van der Waals surface area contributed by atoms with E-state index in [-0.39, 0.29) is 6.04 Å². The van der Waals surface area contributed by atoms with Gasteiger partial charge in [0.25, 0.3) is 0 Å². The number of hydrogen-bond acceptors (Lipinski definition) is 6. The number of aliphatic hydroxyl groups is 1. The Bertz CT molecular complexity index is 1030. The van der Waals surface area contributed by atoms with Crippen LogP contribution in [-0.2, 0) is 0 Å². The number of aromatic nitrogens is 3. The van der Waals surface area contributed by atoms with Crippen LogP contribution < -0.4 is 4.74 Å². The second kappa shape index (κ2) is 9.49. The monoisotopic (exact) mass is 422 g/mol. The van der Waals surface area contributed by atoms with Gasteiger partial charge in [0.1, 0.15) is 12.1 Å². The Morgan fingerprint density at radius 2 is 2.10 bits per heavy atom. The first kappa shape index (κ1) is 21.3. The molecule has 3 aromatic rings. The standard InChI is InChI=1S/C20H24N2O2.C4H3FN2/c1-3-13-12-22-9-7-14(13)10-19(22)20(23)16-6-8-21-18-5-4-15(24-2)11-17(16)18;5-4-1-6-3-7-2-4/h3-6,8,11,13-14,19-20,23H,1,7,9-10,12H2,2H3;1-3H/t13-,14?,19-,20+;/m0./s1. The average Bonchev–Trinajstić information content (AvgIpc) is 2.83. The van der Waals surface area contributed by atoms with Crippen molar-refractivity contribution in [3.8, 4) is 5.75 Å². The summed E-state index contributed by atoms with van der Waals surface area (Å²) in [4.78, 5) is 13.7. The van der Waals surface area contributed by atoms with Crippen molar-refractivity contribution in [1.29, 1.82) is 0 Å².